The van der Waals surface area contributed by atoms with Gasteiger partial charge in [0.2, 0.25) is 10.0 Å². The normalized spacial score (nSPS) is 24.2. The average molecular weight is 649 g/mol. The maximum Gasteiger partial charge on any atom is 0.335 e. The molecule has 240 valence electrons. The number of sulfonamides is 1. The zero-order valence-electron chi connectivity index (χ0n) is 25.5. The molecule has 2 aromatic rings. The fourth-order valence-electron chi connectivity index (χ4n) is 6.92. The molecule has 1 heterocycles. The fourth-order valence-corrected chi connectivity index (χ4v) is 7.90. The highest BCUT2D eigenvalue weighted by molar-refractivity contribution is 7.89. The summed E-state index contributed by atoms with van der Waals surface area (Å²) in [4.78, 5) is 14.1. The zero-order chi connectivity index (χ0) is 31.8. The molecule has 0 radical (unpaired) electrons. The van der Waals surface area contributed by atoms with Crippen LogP contribution in [-0.2, 0) is 27.7 Å². The van der Waals surface area contributed by atoms with Gasteiger partial charge in [0.25, 0.3) is 0 Å². The molecule has 1 fully saturated rings. The minimum atomic E-state index is -3.62. The number of ether oxygens (including phenoxy) is 2. The first kappa shape index (κ1) is 32.7. The second-order valence-corrected chi connectivity index (χ2v) is 14.9. The summed E-state index contributed by atoms with van der Waals surface area (Å²) in [6, 6.07) is 8.37. The third-order valence-electron chi connectivity index (χ3n) is 10.1. The van der Waals surface area contributed by atoms with Gasteiger partial charge in [0.05, 0.1) is 34.2 Å². The number of anilines is 1. The zero-order valence-corrected chi connectivity index (χ0v) is 27.0. The van der Waals surface area contributed by atoms with E-state index in [4.69, 9.17) is 26.2 Å². The highest BCUT2D eigenvalue weighted by Crippen LogP contribution is 2.47. The molecule has 0 bridgehead atoms. The molecule has 0 spiro atoms. The number of carboxylic acids is 1. The lowest BCUT2D eigenvalue weighted by molar-refractivity contribution is -0.000327. The van der Waals surface area contributed by atoms with Crippen LogP contribution in [0.3, 0.4) is 0 Å². The van der Waals surface area contributed by atoms with Crippen molar-refractivity contribution in [1.29, 1.82) is 0 Å². The third-order valence-corrected chi connectivity index (χ3v) is 11.8. The summed E-state index contributed by atoms with van der Waals surface area (Å²) >= 11 is 6.19. The van der Waals surface area contributed by atoms with Crippen molar-refractivity contribution >= 4 is 33.3 Å². The van der Waals surface area contributed by atoms with Gasteiger partial charge in [0.1, 0.15) is 11.6 Å². The Morgan fingerprint density at radius 3 is 2.61 bits per heavy atom. The molecule has 8 nitrogen and oxygen atoms in total. The van der Waals surface area contributed by atoms with Gasteiger partial charge in [-0.2, -0.15) is 0 Å². The van der Waals surface area contributed by atoms with Crippen molar-refractivity contribution in [3.63, 3.8) is 0 Å². The molecule has 0 amide bonds. The second-order valence-electron chi connectivity index (χ2n) is 12.6. The predicted molar refractivity (Wildman–Crippen MR) is 169 cm³/mol. The lowest BCUT2D eigenvalue weighted by Gasteiger charge is -2.47. The number of nitrogens with zero attached hydrogens (tertiary/aromatic N) is 1. The first-order valence-electron chi connectivity index (χ1n) is 15.3. The first-order chi connectivity index (χ1) is 20.9. The lowest BCUT2D eigenvalue weighted by Crippen LogP contribution is -2.46. The predicted octanol–water partition coefficient (Wildman–Crippen LogP) is 6.20. The van der Waals surface area contributed by atoms with Gasteiger partial charge < -0.3 is 19.5 Å². The van der Waals surface area contributed by atoms with E-state index in [0.717, 1.165) is 37.7 Å². The molecule has 0 aromatic heterocycles. The Morgan fingerprint density at radius 2 is 1.98 bits per heavy atom. The molecule has 3 N–H and O–H groups in total. The minimum Gasteiger partial charge on any atom is -0.491 e. The number of carboxylic acid groups (broad SMARTS) is 1. The summed E-state index contributed by atoms with van der Waals surface area (Å²) in [5.41, 5.74) is 3.41. The van der Waals surface area contributed by atoms with Gasteiger partial charge in [-0.1, -0.05) is 30.7 Å². The number of carbonyl (C=O) groups is 1. The number of primary sulfonamides is 1. The summed E-state index contributed by atoms with van der Waals surface area (Å²) in [5, 5.41) is 14.7. The largest absolute Gasteiger partial charge is 0.491 e. The first-order valence-corrected chi connectivity index (χ1v) is 17.3. The van der Waals surface area contributed by atoms with Crippen LogP contribution in [0, 0.1) is 29.5 Å². The van der Waals surface area contributed by atoms with Crippen LogP contribution in [0.4, 0.5) is 10.1 Å². The Kier molecular flexibility index (Phi) is 9.94. The fraction of sp³-hybridized carbons (Fsp3) is 0.545. The molecule has 1 aliphatic heterocycles. The third kappa shape index (κ3) is 6.78. The van der Waals surface area contributed by atoms with E-state index in [2.05, 4.69) is 11.0 Å². The van der Waals surface area contributed by atoms with Crippen molar-refractivity contribution in [3.05, 3.63) is 69.5 Å². The summed E-state index contributed by atoms with van der Waals surface area (Å²) in [6.07, 6.45) is 6.73. The summed E-state index contributed by atoms with van der Waals surface area (Å²) in [7, 11) is -1.91. The molecule has 0 unspecified atom stereocenters. The van der Waals surface area contributed by atoms with Gasteiger partial charge in [0, 0.05) is 20.2 Å². The number of rotatable bonds is 9. The molecule has 44 heavy (non-hydrogen) atoms. The van der Waals surface area contributed by atoms with E-state index in [0.29, 0.717) is 43.1 Å². The summed E-state index contributed by atoms with van der Waals surface area (Å²) < 4.78 is 51.3. The molecular weight excluding hydrogens is 607 g/mol. The van der Waals surface area contributed by atoms with E-state index in [1.165, 1.54) is 5.57 Å². The van der Waals surface area contributed by atoms with E-state index in [-0.39, 0.29) is 40.4 Å². The lowest BCUT2D eigenvalue weighted by atomic mass is 9.64. The summed E-state index contributed by atoms with van der Waals surface area (Å²) in [5.74, 6) is -0.347. The van der Waals surface area contributed by atoms with E-state index in [1.807, 2.05) is 13.0 Å². The number of hydrogen-bond donors (Lipinski definition) is 2. The van der Waals surface area contributed by atoms with Crippen LogP contribution in [0.25, 0.3) is 0 Å². The van der Waals surface area contributed by atoms with E-state index in [9.17, 15) is 18.3 Å². The Bertz CT molecular complexity index is 1530. The van der Waals surface area contributed by atoms with Crippen molar-refractivity contribution in [2.45, 2.75) is 70.3 Å². The molecular formula is C33H42ClFN2O6S. The molecule has 1 saturated carbocycles. The van der Waals surface area contributed by atoms with Crippen LogP contribution in [0.2, 0.25) is 5.02 Å². The SMILES string of the molecule is CO[C@@H](C1=C[C@@H]([C@H](C)[C@@H](C)S(N)(=O)=O)C1)[C@@H]1CC[C@H]1CN1Cc2ccc(Cl)c(F)c2CCCCOc2ccc(C(=O)O)cc21. The molecule has 6 atom stereocenters. The van der Waals surface area contributed by atoms with Crippen molar-refractivity contribution in [3.8, 4) is 5.75 Å². The Labute approximate surface area is 264 Å². The smallest absolute Gasteiger partial charge is 0.335 e. The Morgan fingerprint density at radius 1 is 1.23 bits per heavy atom. The van der Waals surface area contributed by atoms with Crippen molar-refractivity contribution in [2.24, 2.45) is 28.8 Å². The highest BCUT2D eigenvalue weighted by Gasteiger charge is 2.43. The molecule has 3 aliphatic rings. The quantitative estimate of drug-likeness (QED) is 0.311. The van der Waals surface area contributed by atoms with Gasteiger partial charge in [-0.15, -0.1) is 0 Å². The second kappa shape index (κ2) is 13.4. The number of methoxy groups -OCH3 is 1. The van der Waals surface area contributed by atoms with Gasteiger partial charge in [-0.3, -0.25) is 0 Å². The topological polar surface area (TPSA) is 119 Å². The highest BCUT2D eigenvalue weighted by atomic mass is 35.5. The molecule has 2 aromatic carbocycles. The monoisotopic (exact) mass is 648 g/mol. The van der Waals surface area contributed by atoms with Crippen LogP contribution in [0.5, 0.6) is 5.75 Å². The van der Waals surface area contributed by atoms with E-state index < -0.39 is 27.1 Å². The van der Waals surface area contributed by atoms with Crippen molar-refractivity contribution in [1.82, 2.24) is 0 Å². The van der Waals surface area contributed by atoms with Crippen LogP contribution in [0.15, 0.2) is 42.0 Å². The van der Waals surface area contributed by atoms with Crippen LogP contribution >= 0.6 is 11.6 Å². The van der Waals surface area contributed by atoms with E-state index >= 15 is 4.39 Å². The van der Waals surface area contributed by atoms with Crippen molar-refractivity contribution < 1.29 is 32.2 Å². The number of halogens is 2. The average Bonchev–Trinajstić information content (AvgIpc) is 2.97. The molecule has 2 aliphatic carbocycles. The number of fused-ring (bicyclic) bond motifs is 2. The van der Waals surface area contributed by atoms with Gasteiger partial charge in [-0.25, -0.2) is 22.7 Å². The van der Waals surface area contributed by atoms with Crippen LogP contribution in [0.1, 0.15) is 67.4 Å². The molecule has 0 saturated heterocycles. The van der Waals surface area contributed by atoms with Gasteiger partial charge >= 0.3 is 5.97 Å². The van der Waals surface area contributed by atoms with Gasteiger partial charge in [-0.05, 0) is 110 Å². The minimum absolute atomic E-state index is 0.0943. The molecule has 5 rings (SSSR count). The van der Waals surface area contributed by atoms with Crippen LogP contribution in [-0.4, -0.2) is 51.1 Å². The standard InChI is InChI=1S/C33H42ClFN2O6S/c1-19(20(2)44(36,40)41)24-14-25(15-24)32(42-3)27-10-7-23(27)18-37-17-22-8-11-28(34)31(35)26(22)6-4-5-13-43-30-12-9-21(33(38)39)16-29(30)37/h8-9,11-12,14,16,19-20,23-24,27,32H,4-7,10,13,15,17-18H2,1-3H3,(H,38,39)(H2,36,40,41)/t19-,20-,23+,24-,27-,32+/m1/s1. The Balaban J connectivity index is 1.43. The van der Waals surface area contributed by atoms with E-state index in [1.54, 1.807) is 38.3 Å². The number of hydrogen-bond acceptors (Lipinski definition) is 6. The van der Waals surface area contributed by atoms with Crippen LogP contribution < -0.4 is 14.8 Å². The maximum atomic E-state index is 15.3. The number of aromatic carboxylic acids is 1. The number of allylic oxidation sites excluding steroid dienone is 1. The van der Waals surface area contributed by atoms with Gasteiger partial charge in [0.15, 0.2) is 0 Å². The number of nitrogens with two attached hydrogens (primary N) is 1. The maximum absolute atomic E-state index is 15.3. The molecule has 11 heteroatoms. The van der Waals surface area contributed by atoms with Crippen molar-refractivity contribution in [2.75, 3.05) is 25.2 Å². The summed E-state index contributed by atoms with van der Waals surface area (Å²) in [6.45, 7) is 4.99. The number of benzene rings is 2. The Hall–Kier alpha value is -2.66.